The predicted molar refractivity (Wildman–Crippen MR) is 236 cm³/mol. The van der Waals surface area contributed by atoms with Gasteiger partial charge in [-0.05, 0) is 78.8 Å². The van der Waals surface area contributed by atoms with Crippen molar-refractivity contribution in [3.63, 3.8) is 0 Å². The van der Waals surface area contributed by atoms with Gasteiger partial charge in [0.25, 0.3) is 0 Å². The molecule has 4 aromatic carbocycles. The summed E-state index contributed by atoms with van der Waals surface area (Å²) in [7, 11) is 2.09. The number of halogens is 1. The van der Waals surface area contributed by atoms with Crippen molar-refractivity contribution in [2.45, 2.75) is 57.3 Å². The Balaban J connectivity index is 0.786. The molecule has 16 nitrogen and oxygen atoms in total. The van der Waals surface area contributed by atoms with Crippen LogP contribution in [0.15, 0.2) is 110 Å². The Morgan fingerprint density at radius 3 is 2.51 bits per heavy atom. The molecule has 5 atom stereocenters. The van der Waals surface area contributed by atoms with E-state index >= 15 is 4.39 Å². The van der Waals surface area contributed by atoms with E-state index in [1.54, 1.807) is 62.4 Å². The lowest BCUT2D eigenvalue weighted by atomic mass is 9.96. The zero-order chi connectivity index (χ0) is 43.7. The molecule has 1 fully saturated rings. The van der Waals surface area contributed by atoms with E-state index in [0.29, 0.717) is 41.4 Å². The predicted octanol–water partition coefficient (Wildman–Crippen LogP) is 8.30. The van der Waals surface area contributed by atoms with Crippen molar-refractivity contribution >= 4 is 46.8 Å². The first kappa shape index (κ1) is 42.1. The summed E-state index contributed by atoms with van der Waals surface area (Å²) in [5, 5.41) is 9.17. The molecular weight excluding hydrogens is 849 g/mol. The molecule has 2 N–H and O–H groups in total. The normalized spacial score (nSPS) is 19.1. The van der Waals surface area contributed by atoms with Gasteiger partial charge in [0.2, 0.25) is 0 Å². The second-order valence-corrected chi connectivity index (χ2v) is 18.9. The molecule has 7 aromatic rings. The van der Waals surface area contributed by atoms with Gasteiger partial charge in [-0.2, -0.15) is 0 Å². The molecule has 0 bridgehead atoms. The zero-order valence-corrected chi connectivity index (χ0v) is 36.2. The van der Waals surface area contributed by atoms with Gasteiger partial charge in [-0.1, -0.05) is 59.8 Å². The molecule has 0 amide bonds. The standard InChI is InChI=1S/C44H43FN9O7PS/c1-4-58-62(56,61-40-27(2)59-43(36(40)45)53-26-49-38-41(46)47-25-48-42(38)53)63-24-28-13-17-32(18-14-28)60-44(55)29-15-19-31(20-16-29)57-22-21-54-39-34-11-7-8-12-35(34)52(3)23-30-9-5-6-10-33(30)37(39)50-51-54/h5-20,25-27,36,40,43H,4,21-24H2,1-3H3,(H2,46,47,48)/t27?,36-,40-,43-,62?/m1/s1. The second kappa shape index (κ2) is 17.9. The highest BCUT2D eigenvalue weighted by atomic mass is 32.7. The van der Waals surface area contributed by atoms with Crippen molar-refractivity contribution in [3.8, 4) is 34.0 Å². The van der Waals surface area contributed by atoms with Crippen LogP contribution >= 0.6 is 18.2 Å². The van der Waals surface area contributed by atoms with E-state index < -0.39 is 37.4 Å². The van der Waals surface area contributed by atoms with Crippen molar-refractivity contribution in [1.82, 2.24) is 34.5 Å². The highest BCUT2D eigenvalue weighted by Gasteiger charge is 2.49. The van der Waals surface area contributed by atoms with E-state index in [0.717, 1.165) is 51.7 Å². The van der Waals surface area contributed by atoms with Crippen LogP contribution in [-0.2, 0) is 37.2 Å². The van der Waals surface area contributed by atoms with Gasteiger partial charge in [0.15, 0.2) is 23.9 Å². The number of ether oxygens (including phenoxy) is 3. The number of aromatic nitrogens is 7. The van der Waals surface area contributed by atoms with E-state index in [1.807, 2.05) is 28.9 Å². The van der Waals surface area contributed by atoms with Gasteiger partial charge in [-0.3, -0.25) is 9.09 Å². The van der Waals surface area contributed by atoms with E-state index in [9.17, 15) is 9.36 Å². The molecule has 3 aromatic heterocycles. The number of benzene rings is 4. The minimum Gasteiger partial charge on any atom is -0.492 e. The molecule has 2 unspecified atom stereocenters. The van der Waals surface area contributed by atoms with Crippen LogP contribution in [0, 0.1) is 0 Å². The number of rotatable bonds is 14. The van der Waals surface area contributed by atoms with Gasteiger partial charge in [0.05, 0.1) is 36.8 Å². The summed E-state index contributed by atoms with van der Waals surface area (Å²) in [5.41, 5.74) is 13.7. The number of nitrogen functional groups attached to an aromatic ring is 1. The number of esters is 1. The van der Waals surface area contributed by atoms with E-state index in [-0.39, 0.29) is 18.2 Å². The van der Waals surface area contributed by atoms with Crippen LogP contribution < -0.4 is 20.1 Å². The SMILES string of the molecule is CCOP(=O)(O[C@@H]1C(C)O[C@@H](n2cnc3c(N)ncnc32)[C@@H]1F)SCc1ccc(OC(=O)c2ccc(OCCn3nnc4c3-c3ccccc3N(C)Cc3ccccc3-4)cc2)cc1. The van der Waals surface area contributed by atoms with Crippen LogP contribution in [0.4, 0.5) is 15.9 Å². The monoisotopic (exact) mass is 891 g/mol. The van der Waals surface area contributed by atoms with Crippen molar-refractivity contribution in [3.05, 3.63) is 126 Å². The number of hydrogen-bond donors (Lipinski definition) is 1. The summed E-state index contributed by atoms with van der Waals surface area (Å²) in [4.78, 5) is 27.6. The Kier molecular flexibility index (Phi) is 12.0. The van der Waals surface area contributed by atoms with Crippen LogP contribution in [0.25, 0.3) is 33.7 Å². The third-order valence-electron chi connectivity index (χ3n) is 10.8. The van der Waals surface area contributed by atoms with Crippen LogP contribution in [0.2, 0.25) is 0 Å². The first-order chi connectivity index (χ1) is 30.6. The Labute approximate surface area is 365 Å². The molecular formula is C44H43FN9O7PS. The summed E-state index contributed by atoms with van der Waals surface area (Å²) >= 11 is 0.924. The number of nitrogens with zero attached hydrogens (tertiary/aromatic N) is 8. The smallest absolute Gasteiger partial charge is 0.389 e. The molecule has 0 spiro atoms. The largest absolute Gasteiger partial charge is 0.492 e. The first-order valence-electron chi connectivity index (χ1n) is 20.3. The third kappa shape index (κ3) is 8.64. The van der Waals surface area contributed by atoms with Gasteiger partial charge in [-0.15, -0.1) is 5.10 Å². The van der Waals surface area contributed by atoms with Gasteiger partial charge in [0, 0.05) is 36.2 Å². The average molecular weight is 892 g/mol. The van der Waals surface area contributed by atoms with Crippen LogP contribution in [0.5, 0.6) is 11.5 Å². The number of fused-ring (bicyclic) bond motifs is 6. The van der Waals surface area contributed by atoms with E-state index in [2.05, 4.69) is 61.5 Å². The Morgan fingerprint density at radius 1 is 0.968 bits per heavy atom. The first-order valence-corrected chi connectivity index (χ1v) is 23.4. The fourth-order valence-corrected chi connectivity index (χ4v) is 11.2. The van der Waals surface area contributed by atoms with E-state index in [1.165, 1.54) is 22.8 Å². The molecule has 324 valence electrons. The second-order valence-electron chi connectivity index (χ2n) is 14.9. The number of anilines is 2. The highest BCUT2D eigenvalue weighted by Crippen LogP contribution is 2.64. The zero-order valence-electron chi connectivity index (χ0n) is 34.5. The Bertz CT molecular complexity index is 2810. The summed E-state index contributed by atoms with van der Waals surface area (Å²) < 4.78 is 62.3. The average Bonchev–Trinajstić information content (AvgIpc) is 3.99. The molecule has 63 heavy (non-hydrogen) atoms. The van der Waals surface area contributed by atoms with Crippen LogP contribution in [-0.4, -0.2) is 79.1 Å². The van der Waals surface area contributed by atoms with Gasteiger partial charge >= 0.3 is 12.8 Å². The van der Waals surface area contributed by atoms with Crippen molar-refractivity contribution in [2.24, 2.45) is 0 Å². The highest BCUT2D eigenvalue weighted by molar-refractivity contribution is 8.54. The van der Waals surface area contributed by atoms with Gasteiger partial charge in [-0.25, -0.2) is 33.4 Å². The van der Waals surface area contributed by atoms with Crippen molar-refractivity contribution in [2.75, 3.05) is 30.9 Å². The number of hydrogen-bond acceptors (Lipinski definition) is 15. The van der Waals surface area contributed by atoms with Gasteiger partial charge in [0.1, 0.15) is 41.7 Å². The molecule has 0 saturated carbocycles. The van der Waals surface area contributed by atoms with Crippen LogP contribution in [0.1, 0.15) is 41.6 Å². The molecule has 19 heteroatoms. The number of imidazole rings is 1. The fraction of sp³-hybridized carbons (Fsp3) is 0.273. The third-order valence-corrected chi connectivity index (χ3v) is 14.5. The molecule has 5 heterocycles. The molecule has 2 aliphatic rings. The fourth-order valence-electron chi connectivity index (χ4n) is 7.68. The number of para-hydroxylation sites is 1. The van der Waals surface area contributed by atoms with Gasteiger partial charge < -0.3 is 29.4 Å². The van der Waals surface area contributed by atoms with Crippen molar-refractivity contribution < 1.29 is 37.0 Å². The maximum absolute atomic E-state index is 16.0. The molecule has 1 saturated heterocycles. The van der Waals surface area contributed by atoms with Crippen molar-refractivity contribution in [1.29, 1.82) is 0 Å². The topological polar surface area (TPSA) is 184 Å². The molecule has 0 aliphatic carbocycles. The molecule has 2 aliphatic heterocycles. The number of nitrogens with two attached hydrogens (primary N) is 1. The van der Waals surface area contributed by atoms with E-state index in [4.69, 9.17) is 29.0 Å². The number of carbonyl (C=O) groups excluding carboxylic acids is 1. The maximum Gasteiger partial charge on any atom is 0.389 e. The minimum absolute atomic E-state index is 0.0744. The lowest BCUT2D eigenvalue weighted by Gasteiger charge is -2.26. The Morgan fingerprint density at radius 2 is 1.71 bits per heavy atom. The lowest BCUT2D eigenvalue weighted by Crippen LogP contribution is -2.29. The molecule has 9 rings (SSSR count). The Hall–Kier alpha value is -6.17. The van der Waals surface area contributed by atoms with Crippen LogP contribution in [0.3, 0.4) is 0 Å². The summed E-state index contributed by atoms with van der Waals surface area (Å²) in [5.74, 6) is 0.713. The quantitative estimate of drug-likeness (QED) is 0.0624. The summed E-state index contributed by atoms with van der Waals surface area (Å²) in [6.07, 6.45) is -2.23. The minimum atomic E-state index is -3.88. The summed E-state index contributed by atoms with van der Waals surface area (Å²) in [6, 6.07) is 30.0. The lowest BCUT2D eigenvalue weighted by molar-refractivity contribution is -0.0129. The summed E-state index contributed by atoms with van der Waals surface area (Å²) in [6.45, 7) is 1.02. The molecule has 0 radical (unpaired) electrons. The number of carbonyl (C=O) groups is 1. The maximum atomic E-state index is 16.0. The number of alkyl halides is 1.